The Kier molecular flexibility index (Phi) is 7.88. The predicted molar refractivity (Wildman–Crippen MR) is 85.5 cm³/mol. The number of rotatable bonds is 10. The third-order valence-electron chi connectivity index (χ3n) is 2.91. The Hall–Kier alpha value is -0.950. The van der Waals surface area contributed by atoms with Crippen LogP contribution >= 0.6 is 0 Å². The fraction of sp³-hybridized carbons (Fsp3) is 0.600. The Bertz CT molecular complexity index is 515. The van der Waals surface area contributed by atoms with Gasteiger partial charge in [-0.25, -0.2) is 13.1 Å². The molecule has 0 aliphatic rings. The lowest BCUT2D eigenvalue weighted by Gasteiger charge is -2.10. The molecule has 0 saturated heterocycles. The summed E-state index contributed by atoms with van der Waals surface area (Å²) in [5, 5.41) is 3.32. The van der Waals surface area contributed by atoms with Gasteiger partial charge in [0.2, 0.25) is 10.0 Å². The zero-order valence-electron chi connectivity index (χ0n) is 13.1. The number of methoxy groups -OCH3 is 1. The topological polar surface area (TPSA) is 67.4 Å². The number of sulfonamides is 1. The minimum atomic E-state index is -3.29. The molecule has 0 heterocycles. The van der Waals surface area contributed by atoms with Crippen LogP contribution in [0.1, 0.15) is 31.4 Å². The summed E-state index contributed by atoms with van der Waals surface area (Å²) in [6.07, 6.45) is 0.675. The van der Waals surface area contributed by atoms with Crippen LogP contribution in [0.5, 0.6) is 0 Å². The summed E-state index contributed by atoms with van der Waals surface area (Å²) < 4.78 is 31.4. The van der Waals surface area contributed by atoms with E-state index in [0.29, 0.717) is 25.6 Å². The first-order chi connectivity index (χ1) is 9.93. The molecule has 0 unspecified atom stereocenters. The molecule has 0 saturated carbocycles. The van der Waals surface area contributed by atoms with Crippen molar-refractivity contribution in [3.05, 3.63) is 35.4 Å². The average molecular weight is 314 g/mol. The van der Waals surface area contributed by atoms with Gasteiger partial charge >= 0.3 is 0 Å². The first-order valence-corrected chi connectivity index (χ1v) is 8.85. The smallest absolute Gasteiger partial charge is 0.215 e. The Balaban J connectivity index is 2.54. The third kappa shape index (κ3) is 8.16. The number of ether oxygens (including phenoxy) is 1. The van der Waals surface area contributed by atoms with E-state index in [0.717, 1.165) is 17.7 Å². The first kappa shape index (κ1) is 18.1. The molecule has 120 valence electrons. The molecule has 21 heavy (non-hydrogen) atoms. The summed E-state index contributed by atoms with van der Waals surface area (Å²) in [7, 11) is -1.69. The summed E-state index contributed by atoms with van der Waals surface area (Å²) in [6, 6.07) is 8.07. The molecule has 2 N–H and O–H groups in total. The molecule has 0 amide bonds. The highest BCUT2D eigenvalue weighted by Crippen LogP contribution is 2.09. The van der Waals surface area contributed by atoms with Gasteiger partial charge in [0.1, 0.15) is 0 Å². The van der Waals surface area contributed by atoms with Crippen LogP contribution in [0.15, 0.2) is 24.3 Å². The molecule has 1 aromatic carbocycles. The van der Waals surface area contributed by atoms with Crippen molar-refractivity contribution in [2.24, 2.45) is 0 Å². The lowest BCUT2D eigenvalue weighted by atomic mass is 10.1. The van der Waals surface area contributed by atoms with Crippen LogP contribution in [0.4, 0.5) is 0 Å². The Morgan fingerprint density at radius 2 is 1.95 bits per heavy atom. The monoisotopic (exact) mass is 314 g/mol. The van der Waals surface area contributed by atoms with E-state index in [1.54, 1.807) is 7.11 Å². The van der Waals surface area contributed by atoms with Crippen LogP contribution in [-0.2, 0) is 27.1 Å². The highest BCUT2D eigenvalue weighted by atomic mass is 32.2. The van der Waals surface area contributed by atoms with Gasteiger partial charge in [0.15, 0.2) is 0 Å². The predicted octanol–water partition coefficient (Wildman–Crippen LogP) is 1.64. The number of hydrogen-bond acceptors (Lipinski definition) is 4. The van der Waals surface area contributed by atoms with Gasteiger partial charge in [0.05, 0.1) is 5.75 Å². The normalized spacial score (nSPS) is 12.0. The molecule has 1 rings (SSSR count). The molecular formula is C15H26N2O3S. The van der Waals surface area contributed by atoms with Gasteiger partial charge < -0.3 is 10.1 Å². The molecular weight excluding hydrogens is 288 g/mol. The number of hydrogen-bond donors (Lipinski definition) is 2. The van der Waals surface area contributed by atoms with Gasteiger partial charge in [-0.15, -0.1) is 0 Å². The highest BCUT2D eigenvalue weighted by Gasteiger charge is 2.11. The van der Waals surface area contributed by atoms with Crippen LogP contribution in [0.2, 0.25) is 0 Å². The molecule has 0 aliphatic heterocycles. The van der Waals surface area contributed by atoms with Gasteiger partial charge in [-0.2, -0.15) is 0 Å². The fourth-order valence-electron chi connectivity index (χ4n) is 1.87. The van der Waals surface area contributed by atoms with Crippen LogP contribution in [0, 0.1) is 0 Å². The Morgan fingerprint density at radius 1 is 1.24 bits per heavy atom. The van der Waals surface area contributed by atoms with Gasteiger partial charge in [0.25, 0.3) is 0 Å². The van der Waals surface area contributed by atoms with E-state index in [-0.39, 0.29) is 5.75 Å². The maximum atomic E-state index is 12.0. The Morgan fingerprint density at radius 3 is 2.62 bits per heavy atom. The van der Waals surface area contributed by atoms with E-state index in [9.17, 15) is 8.42 Å². The molecule has 1 aromatic rings. The Labute approximate surface area is 128 Å². The van der Waals surface area contributed by atoms with Crippen molar-refractivity contribution in [3.8, 4) is 0 Å². The van der Waals surface area contributed by atoms with Crippen molar-refractivity contribution in [2.75, 3.05) is 20.3 Å². The minimum Gasteiger partial charge on any atom is -0.385 e. The standard InChI is InChI=1S/C15H26N2O3S/c1-13(2)16-11-14-6-4-7-15(10-14)12-21(18,19)17-8-5-9-20-3/h4,6-7,10,13,16-17H,5,8-9,11-12H2,1-3H3. The van der Waals surface area contributed by atoms with Gasteiger partial charge in [-0.3, -0.25) is 0 Å². The zero-order chi connectivity index (χ0) is 15.7. The maximum absolute atomic E-state index is 12.0. The van der Waals surface area contributed by atoms with Gasteiger partial charge in [0, 0.05) is 32.8 Å². The number of benzene rings is 1. The second-order valence-electron chi connectivity index (χ2n) is 5.36. The van der Waals surface area contributed by atoms with E-state index in [2.05, 4.69) is 23.9 Å². The lowest BCUT2D eigenvalue weighted by Crippen LogP contribution is -2.27. The quantitative estimate of drug-likeness (QED) is 0.644. The van der Waals surface area contributed by atoms with Crippen molar-refractivity contribution >= 4 is 10.0 Å². The van der Waals surface area contributed by atoms with Gasteiger partial charge in [-0.05, 0) is 17.5 Å². The van der Waals surface area contributed by atoms with Crippen molar-refractivity contribution in [1.29, 1.82) is 0 Å². The molecule has 0 bridgehead atoms. The van der Waals surface area contributed by atoms with E-state index in [4.69, 9.17) is 4.74 Å². The summed E-state index contributed by atoms with van der Waals surface area (Å²) in [5.41, 5.74) is 1.90. The summed E-state index contributed by atoms with van der Waals surface area (Å²) >= 11 is 0. The summed E-state index contributed by atoms with van der Waals surface area (Å²) in [5.74, 6) is 0.00943. The molecule has 6 heteroatoms. The maximum Gasteiger partial charge on any atom is 0.215 e. The molecule has 0 spiro atoms. The SMILES string of the molecule is COCCCNS(=O)(=O)Cc1cccc(CNC(C)C)c1. The first-order valence-electron chi connectivity index (χ1n) is 7.20. The summed E-state index contributed by atoms with van der Waals surface area (Å²) in [6.45, 7) is 5.87. The van der Waals surface area contributed by atoms with E-state index < -0.39 is 10.0 Å². The van der Waals surface area contributed by atoms with Crippen LogP contribution in [-0.4, -0.2) is 34.7 Å². The van der Waals surface area contributed by atoms with Crippen molar-refractivity contribution < 1.29 is 13.2 Å². The van der Waals surface area contributed by atoms with Crippen LogP contribution in [0.3, 0.4) is 0 Å². The van der Waals surface area contributed by atoms with Crippen molar-refractivity contribution in [3.63, 3.8) is 0 Å². The molecule has 0 radical (unpaired) electrons. The largest absolute Gasteiger partial charge is 0.385 e. The van der Waals surface area contributed by atoms with Crippen molar-refractivity contribution in [2.45, 2.75) is 38.6 Å². The van der Waals surface area contributed by atoms with E-state index >= 15 is 0 Å². The molecule has 0 atom stereocenters. The number of nitrogens with one attached hydrogen (secondary N) is 2. The van der Waals surface area contributed by atoms with Crippen LogP contribution in [0.25, 0.3) is 0 Å². The van der Waals surface area contributed by atoms with Gasteiger partial charge in [-0.1, -0.05) is 38.1 Å². The molecule has 5 nitrogen and oxygen atoms in total. The van der Waals surface area contributed by atoms with E-state index in [1.807, 2.05) is 24.3 Å². The lowest BCUT2D eigenvalue weighted by molar-refractivity contribution is 0.196. The highest BCUT2D eigenvalue weighted by molar-refractivity contribution is 7.88. The third-order valence-corrected chi connectivity index (χ3v) is 4.27. The van der Waals surface area contributed by atoms with Crippen molar-refractivity contribution in [1.82, 2.24) is 10.0 Å². The zero-order valence-corrected chi connectivity index (χ0v) is 13.9. The molecule has 0 aromatic heterocycles. The van der Waals surface area contributed by atoms with E-state index in [1.165, 1.54) is 0 Å². The second-order valence-corrected chi connectivity index (χ2v) is 7.16. The fourth-order valence-corrected chi connectivity index (χ4v) is 3.04. The molecule has 0 aliphatic carbocycles. The second kappa shape index (κ2) is 9.15. The minimum absolute atomic E-state index is 0.00943. The summed E-state index contributed by atoms with van der Waals surface area (Å²) in [4.78, 5) is 0. The molecule has 0 fully saturated rings. The van der Waals surface area contributed by atoms with Crippen LogP contribution < -0.4 is 10.0 Å². The average Bonchev–Trinajstić information content (AvgIpc) is 2.41.